The van der Waals surface area contributed by atoms with Crippen LogP contribution in [-0.4, -0.2) is 12.2 Å². The largest absolute Gasteiger partial charge is 0.507 e. The summed E-state index contributed by atoms with van der Waals surface area (Å²) < 4.78 is 22.0. The molecule has 0 saturated carbocycles. The van der Waals surface area contributed by atoms with Crippen molar-refractivity contribution in [2.75, 3.05) is 0 Å². The highest BCUT2D eigenvalue weighted by atomic mass is 35.5. The standard InChI is InChI=1S/C8H4ClN2O4P/c9-7-1-3-8(4-2-7)15-16(14,10-5-12)11-6-13/h1-4H. The van der Waals surface area contributed by atoms with Gasteiger partial charge in [0.15, 0.2) is 0 Å². The molecule has 0 aliphatic heterocycles. The molecule has 1 aromatic rings. The van der Waals surface area contributed by atoms with E-state index in [1.54, 1.807) is 0 Å². The maximum Gasteiger partial charge on any atom is 0.507 e. The highest BCUT2D eigenvalue weighted by Gasteiger charge is 2.23. The zero-order valence-corrected chi connectivity index (χ0v) is 9.31. The highest BCUT2D eigenvalue weighted by Crippen LogP contribution is 2.49. The quantitative estimate of drug-likeness (QED) is 0.472. The van der Waals surface area contributed by atoms with Crippen molar-refractivity contribution in [2.45, 2.75) is 0 Å². The third-order valence-corrected chi connectivity index (χ3v) is 2.74. The summed E-state index contributed by atoms with van der Waals surface area (Å²) >= 11 is 5.61. The van der Waals surface area contributed by atoms with Crippen molar-refractivity contribution < 1.29 is 18.7 Å². The summed E-state index contributed by atoms with van der Waals surface area (Å²) in [6.07, 6.45) is 2.03. The molecule has 0 amide bonds. The molecule has 1 rings (SSSR count). The fourth-order valence-electron chi connectivity index (χ4n) is 0.799. The van der Waals surface area contributed by atoms with Gasteiger partial charge < -0.3 is 4.52 Å². The van der Waals surface area contributed by atoms with Crippen LogP contribution in [0, 0.1) is 0 Å². The van der Waals surface area contributed by atoms with E-state index in [1.807, 2.05) is 0 Å². The van der Waals surface area contributed by atoms with Crippen molar-refractivity contribution >= 4 is 31.4 Å². The maximum atomic E-state index is 11.6. The van der Waals surface area contributed by atoms with Crippen molar-refractivity contribution in [1.82, 2.24) is 0 Å². The van der Waals surface area contributed by atoms with E-state index in [2.05, 4.69) is 9.53 Å². The molecule has 0 heterocycles. The van der Waals surface area contributed by atoms with Crippen LogP contribution in [-0.2, 0) is 14.2 Å². The Kier molecular flexibility index (Phi) is 4.18. The van der Waals surface area contributed by atoms with Crippen LogP contribution >= 0.6 is 19.3 Å². The van der Waals surface area contributed by atoms with Crippen molar-refractivity contribution in [3.05, 3.63) is 29.3 Å². The molecule has 0 aliphatic carbocycles. The second kappa shape index (κ2) is 5.40. The summed E-state index contributed by atoms with van der Waals surface area (Å²) in [6.45, 7) is 0. The van der Waals surface area contributed by atoms with E-state index in [1.165, 1.54) is 24.3 Å². The normalized spacial score (nSPS) is 12.8. The van der Waals surface area contributed by atoms with Gasteiger partial charge in [-0.3, -0.25) is 0 Å². The summed E-state index contributed by atoms with van der Waals surface area (Å²) in [7, 11) is -4.10. The molecule has 6 nitrogen and oxygen atoms in total. The fraction of sp³-hybridized carbons (Fsp3) is 0. The first-order chi connectivity index (χ1) is 7.59. The molecular weight excluding hydrogens is 255 g/mol. The van der Waals surface area contributed by atoms with Gasteiger partial charge in [-0.2, -0.15) is 0 Å². The van der Waals surface area contributed by atoms with Gasteiger partial charge in [-0.1, -0.05) is 21.1 Å². The van der Waals surface area contributed by atoms with E-state index < -0.39 is 7.67 Å². The van der Waals surface area contributed by atoms with Gasteiger partial charge in [0.1, 0.15) is 5.75 Å². The predicted molar refractivity (Wildman–Crippen MR) is 55.9 cm³/mol. The van der Waals surface area contributed by atoms with E-state index in [0.717, 1.165) is 12.2 Å². The average Bonchev–Trinajstić information content (AvgIpc) is 2.22. The first-order valence-corrected chi connectivity index (χ1v) is 5.74. The van der Waals surface area contributed by atoms with Crippen molar-refractivity contribution in [3.8, 4) is 5.75 Å². The van der Waals surface area contributed by atoms with Crippen LogP contribution in [0.4, 0.5) is 0 Å². The molecule has 0 spiro atoms. The van der Waals surface area contributed by atoms with Crippen LogP contribution in [0.2, 0.25) is 5.02 Å². The fourth-order valence-corrected chi connectivity index (χ4v) is 1.65. The van der Waals surface area contributed by atoms with Crippen LogP contribution in [0.3, 0.4) is 0 Å². The van der Waals surface area contributed by atoms with Crippen molar-refractivity contribution in [3.63, 3.8) is 0 Å². The molecule has 1 aromatic carbocycles. The van der Waals surface area contributed by atoms with E-state index in [0.29, 0.717) is 5.02 Å². The van der Waals surface area contributed by atoms with Crippen LogP contribution in [0.15, 0.2) is 33.8 Å². The van der Waals surface area contributed by atoms with Gasteiger partial charge >= 0.3 is 7.67 Å². The molecule has 16 heavy (non-hydrogen) atoms. The van der Waals surface area contributed by atoms with Crippen molar-refractivity contribution in [1.29, 1.82) is 0 Å². The number of carbonyl (C=O) groups excluding carboxylic acids is 2. The summed E-state index contributed by atoms with van der Waals surface area (Å²) in [5, 5.41) is 0.444. The van der Waals surface area contributed by atoms with E-state index >= 15 is 0 Å². The molecule has 0 unspecified atom stereocenters. The van der Waals surface area contributed by atoms with Gasteiger partial charge in [0.2, 0.25) is 12.2 Å². The van der Waals surface area contributed by atoms with E-state index in [4.69, 9.17) is 16.1 Å². The summed E-state index contributed by atoms with van der Waals surface area (Å²) in [6, 6.07) is 5.71. The minimum atomic E-state index is -4.10. The minimum absolute atomic E-state index is 0.103. The van der Waals surface area contributed by atoms with Crippen LogP contribution < -0.4 is 4.52 Å². The lowest BCUT2D eigenvalue weighted by Crippen LogP contribution is -1.87. The maximum absolute atomic E-state index is 11.6. The first-order valence-electron chi connectivity index (χ1n) is 3.84. The third kappa shape index (κ3) is 3.46. The Morgan fingerprint density at radius 1 is 1.12 bits per heavy atom. The Balaban J connectivity index is 3.01. The van der Waals surface area contributed by atoms with Gasteiger partial charge in [-0.05, 0) is 24.3 Å². The van der Waals surface area contributed by atoms with Gasteiger partial charge in [0, 0.05) is 5.02 Å². The Labute approximate surface area is 95.2 Å². The topological polar surface area (TPSA) is 85.2 Å². The van der Waals surface area contributed by atoms with Crippen molar-refractivity contribution in [2.24, 2.45) is 9.53 Å². The summed E-state index contributed by atoms with van der Waals surface area (Å²) in [5.74, 6) is 0.103. The summed E-state index contributed by atoms with van der Waals surface area (Å²) in [4.78, 5) is 20.0. The molecule has 0 aliphatic rings. The molecular formula is C8H4ClN2O4P. The lowest BCUT2D eigenvalue weighted by atomic mass is 10.3. The van der Waals surface area contributed by atoms with Gasteiger partial charge in [0.05, 0.1) is 0 Å². The molecule has 8 heteroatoms. The van der Waals surface area contributed by atoms with Crippen LogP contribution in [0.5, 0.6) is 5.75 Å². The average molecular weight is 259 g/mol. The number of hydrogen-bond acceptors (Lipinski definition) is 4. The lowest BCUT2D eigenvalue weighted by Gasteiger charge is -2.06. The SMILES string of the molecule is O=C=NP(=O)(N=C=O)Oc1ccc(Cl)cc1. The van der Waals surface area contributed by atoms with Gasteiger partial charge in [-0.15, -0.1) is 0 Å². The Morgan fingerprint density at radius 2 is 1.62 bits per heavy atom. The highest BCUT2D eigenvalue weighted by molar-refractivity contribution is 7.56. The smallest absolute Gasteiger partial charge is 0.411 e. The van der Waals surface area contributed by atoms with E-state index in [-0.39, 0.29) is 5.75 Å². The Hall–Kier alpha value is -1.70. The number of nitrogens with zero attached hydrogens (tertiary/aromatic N) is 2. The van der Waals surface area contributed by atoms with E-state index in [9.17, 15) is 14.2 Å². The number of benzene rings is 1. The number of rotatable bonds is 4. The second-order valence-corrected chi connectivity index (χ2v) is 4.42. The molecule has 0 aromatic heterocycles. The van der Waals surface area contributed by atoms with Gasteiger partial charge in [0.25, 0.3) is 0 Å². The summed E-state index contributed by atoms with van der Waals surface area (Å²) in [5.41, 5.74) is 0. The number of isocyanates is 2. The predicted octanol–water partition coefficient (Wildman–Crippen LogP) is 2.50. The van der Waals surface area contributed by atoms with Crippen LogP contribution in [0.1, 0.15) is 0 Å². The molecule has 0 atom stereocenters. The number of hydrogen-bond donors (Lipinski definition) is 0. The Bertz CT molecular complexity index is 495. The zero-order chi connectivity index (χ0) is 12.0. The molecule has 0 bridgehead atoms. The molecule has 0 radical (unpaired) electrons. The Morgan fingerprint density at radius 3 is 2.06 bits per heavy atom. The lowest BCUT2D eigenvalue weighted by molar-refractivity contribution is 0.482. The minimum Gasteiger partial charge on any atom is -0.411 e. The zero-order valence-electron chi connectivity index (χ0n) is 7.66. The third-order valence-electron chi connectivity index (χ3n) is 1.37. The van der Waals surface area contributed by atoms with Gasteiger partial charge in [-0.25, -0.2) is 14.2 Å². The molecule has 0 fully saturated rings. The van der Waals surface area contributed by atoms with Crippen LogP contribution in [0.25, 0.3) is 0 Å². The first kappa shape index (κ1) is 12.4. The number of halogens is 1. The monoisotopic (exact) mass is 258 g/mol. The molecule has 0 saturated heterocycles. The second-order valence-electron chi connectivity index (χ2n) is 2.42. The molecule has 82 valence electrons. The molecule has 0 N–H and O–H groups in total.